The summed E-state index contributed by atoms with van der Waals surface area (Å²) in [5, 5.41) is 9.68. The Morgan fingerprint density at radius 2 is 1.95 bits per heavy atom. The smallest absolute Gasteiger partial charge is 0.269 e. The summed E-state index contributed by atoms with van der Waals surface area (Å²) in [4.78, 5) is 2.08. The van der Waals surface area contributed by atoms with Crippen molar-refractivity contribution in [2.24, 2.45) is 0 Å². The van der Waals surface area contributed by atoms with Gasteiger partial charge in [-0.05, 0) is 38.5 Å². The normalized spacial score (nSPS) is 17.6. The minimum absolute atomic E-state index is 0.131. The quantitative estimate of drug-likeness (QED) is 0.837. The van der Waals surface area contributed by atoms with E-state index in [2.05, 4.69) is 4.90 Å². The highest BCUT2D eigenvalue weighted by Gasteiger charge is 2.32. The van der Waals surface area contributed by atoms with Gasteiger partial charge in [-0.1, -0.05) is 6.08 Å². The van der Waals surface area contributed by atoms with E-state index in [0.717, 1.165) is 17.8 Å². The molecule has 0 bridgehead atoms. The summed E-state index contributed by atoms with van der Waals surface area (Å²) < 4.78 is 31.5. The predicted molar refractivity (Wildman–Crippen MR) is 79.6 cm³/mol. The van der Waals surface area contributed by atoms with Gasteiger partial charge < -0.3 is 10.0 Å². The summed E-state index contributed by atoms with van der Waals surface area (Å²) in [6, 6.07) is 4.82. The largest absolute Gasteiger partial charge is 0.508 e. The number of phenols is 1. The molecule has 0 saturated carbocycles. The average Bonchev–Trinajstić information content (AvgIpc) is 2.25. The van der Waals surface area contributed by atoms with Crippen LogP contribution in [0.3, 0.4) is 0 Å². The van der Waals surface area contributed by atoms with Crippen LogP contribution in [0.4, 0.5) is 5.69 Å². The molecule has 0 saturated heterocycles. The first-order valence-electron chi connectivity index (χ1n) is 6.42. The van der Waals surface area contributed by atoms with E-state index < -0.39 is 21.4 Å². The van der Waals surface area contributed by atoms with Gasteiger partial charge >= 0.3 is 0 Å². The SMILES string of the molecule is CCN1c2cc(O)ccc2C(CS(=O)(=O)O)=CC1(C)C. The molecule has 0 aliphatic carbocycles. The maximum Gasteiger partial charge on any atom is 0.269 e. The van der Waals surface area contributed by atoms with Crippen LogP contribution < -0.4 is 4.90 Å². The molecule has 1 heterocycles. The van der Waals surface area contributed by atoms with Crippen molar-refractivity contribution >= 4 is 21.4 Å². The van der Waals surface area contributed by atoms with E-state index in [1.54, 1.807) is 12.1 Å². The topological polar surface area (TPSA) is 77.8 Å². The van der Waals surface area contributed by atoms with Crippen molar-refractivity contribution in [2.45, 2.75) is 26.3 Å². The van der Waals surface area contributed by atoms with E-state index in [4.69, 9.17) is 4.55 Å². The molecule has 0 radical (unpaired) electrons. The number of aromatic hydroxyl groups is 1. The number of phenolic OH excluding ortho intramolecular Hbond substituents is 1. The highest BCUT2D eigenvalue weighted by Crippen LogP contribution is 2.40. The van der Waals surface area contributed by atoms with Crippen LogP contribution >= 0.6 is 0 Å². The summed E-state index contributed by atoms with van der Waals surface area (Å²) in [5.74, 6) is -0.294. The molecule has 0 aromatic heterocycles. The maximum absolute atomic E-state index is 11.2. The van der Waals surface area contributed by atoms with Crippen LogP contribution in [0.25, 0.3) is 5.57 Å². The lowest BCUT2D eigenvalue weighted by atomic mass is 9.88. The first-order chi connectivity index (χ1) is 9.14. The highest BCUT2D eigenvalue weighted by atomic mass is 32.2. The Bertz CT molecular complexity index is 662. The van der Waals surface area contributed by atoms with Gasteiger partial charge in [-0.3, -0.25) is 4.55 Å². The minimum atomic E-state index is -4.10. The van der Waals surface area contributed by atoms with Gasteiger partial charge in [-0.15, -0.1) is 0 Å². The van der Waals surface area contributed by atoms with Crippen molar-refractivity contribution in [3.05, 3.63) is 29.8 Å². The van der Waals surface area contributed by atoms with Crippen molar-refractivity contribution in [3.63, 3.8) is 0 Å². The second kappa shape index (κ2) is 4.79. The fourth-order valence-electron chi connectivity index (χ4n) is 2.80. The Morgan fingerprint density at radius 3 is 2.50 bits per heavy atom. The fraction of sp³-hybridized carbons (Fsp3) is 0.429. The Kier molecular flexibility index (Phi) is 3.56. The standard InChI is InChI=1S/C14H19NO4S/c1-4-15-13-7-11(16)5-6-12(13)10(8-14(15,2)3)9-20(17,18)19/h5-8,16H,4,9H2,1-3H3,(H,17,18,19). The Labute approximate surface area is 119 Å². The molecule has 5 nitrogen and oxygen atoms in total. The lowest BCUT2D eigenvalue weighted by Crippen LogP contribution is -2.45. The number of benzene rings is 1. The van der Waals surface area contributed by atoms with Gasteiger partial charge in [-0.25, -0.2) is 0 Å². The molecule has 0 atom stereocenters. The molecule has 6 heteroatoms. The van der Waals surface area contributed by atoms with Crippen LogP contribution in [0, 0.1) is 0 Å². The predicted octanol–water partition coefficient (Wildman–Crippen LogP) is 2.28. The second-order valence-corrected chi connectivity index (χ2v) is 6.95. The summed E-state index contributed by atoms with van der Waals surface area (Å²) in [6.45, 7) is 6.65. The van der Waals surface area contributed by atoms with Gasteiger partial charge in [0.1, 0.15) is 11.5 Å². The van der Waals surface area contributed by atoms with E-state index in [1.165, 1.54) is 6.07 Å². The van der Waals surface area contributed by atoms with E-state index in [1.807, 2.05) is 26.8 Å². The molecule has 1 aliphatic rings. The molecular formula is C14H19NO4S. The van der Waals surface area contributed by atoms with Crippen molar-refractivity contribution < 1.29 is 18.1 Å². The number of likely N-dealkylation sites (N-methyl/N-ethyl adjacent to an activating group) is 1. The van der Waals surface area contributed by atoms with E-state index in [-0.39, 0.29) is 5.75 Å². The molecule has 2 N–H and O–H groups in total. The van der Waals surface area contributed by atoms with Crippen LogP contribution in [0.2, 0.25) is 0 Å². The Hall–Kier alpha value is -1.53. The molecule has 20 heavy (non-hydrogen) atoms. The zero-order valence-electron chi connectivity index (χ0n) is 11.8. The first-order valence-corrected chi connectivity index (χ1v) is 8.03. The number of nitrogens with zero attached hydrogens (tertiary/aromatic N) is 1. The molecule has 2 rings (SSSR count). The maximum atomic E-state index is 11.2. The summed E-state index contributed by atoms with van der Waals surface area (Å²) in [5.41, 5.74) is 1.66. The van der Waals surface area contributed by atoms with E-state index in [9.17, 15) is 13.5 Å². The van der Waals surface area contributed by atoms with Crippen LogP contribution in [0.5, 0.6) is 5.75 Å². The summed E-state index contributed by atoms with van der Waals surface area (Å²) in [6.07, 6.45) is 1.85. The van der Waals surface area contributed by atoms with Crippen molar-refractivity contribution in [1.29, 1.82) is 0 Å². The number of hydrogen-bond donors (Lipinski definition) is 2. The van der Waals surface area contributed by atoms with Crippen LogP contribution in [0.15, 0.2) is 24.3 Å². The molecule has 1 aliphatic heterocycles. The molecular weight excluding hydrogens is 278 g/mol. The van der Waals surface area contributed by atoms with Crippen LogP contribution in [-0.4, -0.2) is 35.9 Å². The Balaban J connectivity index is 2.63. The number of hydrogen-bond acceptors (Lipinski definition) is 4. The van der Waals surface area contributed by atoms with Gasteiger partial charge in [-0.2, -0.15) is 8.42 Å². The van der Waals surface area contributed by atoms with E-state index >= 15 is 0 Å². The second-order valence-electron chi connectivity index (χ2n) is 5.50. The first kappa shape index (κ1) is 14.9. The van der Waals surface area contributed by atoms with Gasteiger partial charge in [0.05, 0.1) is 5.54 Å². The zero-order chi connectivity index (χ0) is 15.1. The molecule has 110 valence electrons. The lowest BCUT2D eigenvalue weighted by molar-refractivity contribution is 0.474. The molecule has 0 unspecified atom stereocenters. The average molecular weight is 297 g/mol. The lowest BCUT2D eigenvalue weighted by Gasteiger charge is -2.43. The zero-order valence-corrected chi connectivity index (χ0v) is 12.6. The third kappa shape index (κ3) is 2.81. The molecule has 0 fully saturated rings. The van der Waals surface area contributed by atoms with Gasteiger partial charge in [0.2, 0.25) is 0 Å². The van der Waals surface area contributed by atoms with Gasteiger partial charge in [0.15, 0.2) is 0 Å². The molecule has 0 spiro atoms. The van der Waals surface area contributed by atoms with Crippen LogP contribution in [-0.2, 0) is 10.1 Å². The summed E-state index contributed by atoms with van der Waals surface area (Å²) in [7, 11) is -4.10. The Morgan fingerprint density at radius 1 is 1.30 bits per heavy atom. The molecule has 1 aromatic rings. The van der Waals surface area contributed by atoms with Crippen molar-refractivity contribution in [2.75, 3.05) is 17.2 Å². The summed E-state index contributed by atoms with van der Waals surface area (Å²) >= 11 is 0. The van der Waals surface area contributed by atoms with Crippen molar-refractivity contribution in [1.82, 2.24) is 0 Å². The van der Waals surface area contributed by atoms with Crippen LogP contribution in [0.1, 0.15) is 26.3 Å². The number of fused-ring (bicyclic) bond motifs is 1. The third-order valence-corrected chi connectivity index (χ3v) is 4.17. The van der Waals surface area contributed by atoms with Gasteiger partial charge in [0, 0.05) is 23.9 Å². The van der Waals surface area contributed by atoms with Gasteiger partial charge in [0.25, 0.3) is 10.1 Å². The minimum Gasteiger partial charge on any atom is -0.508 e. The molecule has 0 amide bonds. The molecule has 1 aromatic carbocycles. The van der Waals surface area contributed by atoms with Crippen molar-refractivity contribution in [3.8, 4) is 5.75 Å². The van der Waals surface area contributed by atoms with E-state index in [0.29, 0.717) is 5.57 Å². The number of rotatable bonds is 3. The fourth-order valence-corrected chi connectivity index (χ4v) is 3.43. The highest BCUT2D eigenvalue weighted by molar-refractivity contribution is 7.86. The third-order valence-electron chi connectivity index (χ3n) is 3.50. The monoisotopic (exact) mass is 297 g/mol. The number of anilines is 1.